The monoisotopic (exact) mass is 285 g/mol. The first kappa shape index (κ1) is 12.8. The van der Waals surface area contributed by atoms with Gasteiger partial charge in [0.2, 0.25) is 0 Å². The standard InChI is InChI=1S/C12H19N3OS2/c1-8-11(18-15-14-8)10(13)9-2-4-16-12(6-9)3-5-17-7-12/h9-10H,2-7,13H2,1H3. The molecule has 2 aliphatic rings. The zero-order chi connectivity index (χ0) is 12.6. The third-order valence-electron chi connectivity index (χ3n) is 4.10. The molecule has 2 fully saturated rings. The van der Waals surface area contributed by atoms with Crippen molar-refractivity contribution in [1.82, 2.24) is 9.59 Å². The van der Waals surface area contributed by atoms with Crippen molar-refractivity contribution in [2.75, 3.05) is 18.1 Å². The minimum absolute atomic E-state index is 0.0800. The van der Waals surface area contributed by atoms with Gasteiger partial charge < -0.3 is 10.5 Å². The maximum absolute atomic E-state index is 6.43. The summed E-state index contributed by atoms with van der Waals surface area (Å²) in [6.07, 6.45) is 3.34. The third-order valence-corrected chi connectivity index (χ3v) is 6.25. The lowest BCUT2D eigenvalue weighted by atomic mass is 9.81. The van der Waals surface area contributed by atoms with E-state index in [1.54, 1.807) is 0 Å². The van der Waals surface area contributed by atoms with E-state index in [2.05, 4.69) is 9.59 Å². The van der Waals surface area contributed by atoms with Crippen molar-refractivity contribution in [1.29, 1.82) is 0 Å². The van der Waals surface area contributed by atoms with Crippen molar-refractivity contribution >= 4 is 23.3 Å². The van der Waals surface area contributed by atoms with Gasteiger partial charge in [-0.3, -0.25) is 0 Å². The highest BCUT2D eigenvalue weighted by molar-refractivity contribution is 7.99. The van der Waals surface area contributed by atoms with E-state index < -0.39 is 0 Å². The van der Waals surface area contributed by atoms with Crippen molar-refractivity contribution in [2.24, 2.45) is 11.7 Å². The van der Waals surface area contributed by atoms with E-state index in [0.717, 1.165) is 35.8 Å². The molecule has 0 bridgehead atoms. The second-order valence-corrected chi connectivity index (χ2v) is 7.23. The Balaban J connectivity index is 1.74. The predicted molar refractivity (Wildman–Crippen MR) is 74.9 cm³/mol. The van der Waals surface area contributed by atoms with Crippen LogP contribution in [0.3, 0.4) is 0 Å². The van der Waals surface area contributed by atoms with Crippen LogP contribution < -0.4 is 5.73 Å². The summed E-state index contributed by atoms with van der Waals surface area (Å²) in [4.78, 5) is 1.16. The average molecular weight is 285 g/mol. The van der Waals surface area contributed by atoms with Crippen LogP contribution in [0.2, 0.25) is 0 Å². The first-order valence-electron chi connectivity index (χ1n) is 6.46. The van der Waals surface area contributed by atoms with E-state index in [9.17, 15) is 0 Å². The first-order valence-corrected chi connectivity index (χ1v) is 8.39. The molecule has 100 valence electrons. The number of aryl methyl sites for hydroxylation is 1. The fraction of sp³-hybridized carbons (Fsp3) is 0.833. The highest BCUT2D eigenvalue weighted by Crippen LogP contribution is 2.43. The van der Waals surface area contributed by atoms with Crippen LogP contribution in [0.25, 0.3) is 0 Å². The lowest BCUT2D eigenvalue weighted by molar-refractivity contribution is -0.0833. The molecule has 3 atom stereocenters. The smallest absolute Gasteiger partial charge is 0.0783 e. The summed E-state index contributed by atoms with van der Waals surface area (Å²) in [5.74, 6) is 2.87. The van der Waals surface area contributed by atoms with Crippen LogP contribution >= 0.6 is 23.3 Å². The fourth-order valence-electron chi connectivity index (χ4n) is 2.99. The highest BCUT2D eigenvalue weighted by atomic mass is 32.2. The third kappa shape index (κ3) is 2.31. The van der Waals surface area contributed by atoms with E-state index in [0.29, 0.717) is 5.92 Å². The predicted octanol–water partition coefficient (Wildman–Crippen LogP) is 2.15. The van der Waals surface area contributed by atoms with E-state index in [1.165, 1.54) is 23.7 Å². The van der Waals surface area contributed by atoms with E-state index in [-0.39, 0.29) is 11.6 Å². The Bertz CT molecular complexity index is 417. The van der Waals surface area contributed by atoms with Gasteiger partial charge in [-0.2, -0.15) is 11.8 Å². The summed E-state index contributed by atoms with van der Waals surface area (Å²) in [7, 11) is 0. The molecule has 3 heterocycles. The summed E-state index contributed by atoms with van der Waals surface area (Å²) in [5.41, 5.74) is 7.54. The van der Waals surface area contributed by atoms with Gasteiger partial charge in [-0.15, -0.1) is 5.10 Å². The molecule has 1 spiro atoms. The molecular formula is C12H19N3OS2. The molecule has 4 nitrogen and oxygen atoms in total. The molecule has 6 heteroatoms. The van der Waals surface area contributed by atoms with Crippen molar-refractivity contribution in [2.45, 2.75) is 37.8 Å². The van der Waals surface area contributed by atoms with Crippen LogP contribution in [0.15, 0.2) is 0 Å². The number of rotatable bonds is 2. The van der Waals surface area contributed by atoms with Gasteiger partial charge in [0.25, 0.3) is 0 Å². The van der Waals surface area contributed by atoms with Gasteiger partial charge in [0.1, 0.15) is 0 Å². The van der Waals surface area contributed by atoms with Crippen LogP contribution in [0.4, 0.5) is 0 Å². The summed E-state index contributed by atoms with van der Waals surface area (Å²) >= 11 is 3.46. The van der Waals surface area contributed by atoms with Crippen molar-refractivity contribution in [3.8, 4) is 0 Å². The minimum atomic E-state index is 0.0800. The number of thioether (sulfide) groups is 1. The average Bonchev–Trinajstić information content (AvgIpc) is 2.98. The summed E-state index contributed by atoms with van der Waals surface area (Å²) in [6, 6.07) is 0.0800. The van der Waals surface area contributed by atoms with Crippen LogP contribution in [0.1, 0.15) is 35.9 Å². The molecule has 0 radical (unpaired) electrons. The van der Waals surface area contributed by atoms with Crippen molar-refractivity contribution < 1.29 is 4.74 Å². The minimum Gasteiger partial charge on any atom is -0.374 e. The summed E-state index contributed by atoms with van der Waals surface area (Å²) < 4.78 is 10.1. The van der Waals surface area contributed by atoms with Gasteiger partial charge in [0.05, 0.1) is 16.2 Å². The van der Waals surface area contributed by atoms with Gasteiger partial charge in [-0.05, 0) is 49.4 Å². The number of hydrogen-bond donors (Lipinski definition) is 1. The van der Waals surface area contributed by atoms with Crippen LogP contribution in [0.5, 0.6) is 0 Å². The zero-order valence-corrected chi connectivity index (χ0v) is 12.2. The second-order valence-electron chi connectivity index (χ2n) is 5.34. The molecule has 0 aliphatic carbocycles. The number of nitrogens with two attached hydrogens (primary N) is 1. The Labute approximate surface area is 116 Å². The summed E-state index contributed by atoms with van der Waals surface area (Å²) in [5, 5.41) is 4.07. The quantitative estimate of drug-likeness (QED) is 0.902. The Hall–Kier alpha value is -0.170. The van der Waals surface area contributed by atoms with Crippen molar-refractivity contribution in [3.63, 3.8) is 0 Å². The molecule has 3 rings (SSSR count). The van der Waals surface area contributed by atoms with E-state index >= 15 is 0 Å². The number of aromatic nitrogens is 2. The normalized spacial score (nSPS) is 34.0. The lowest BCUT2D eigenvalue weighted by Gasteiger charge is -2.39. The molecule has 3 unspecified atom stereocenters. The van der Waals surface area contributed by atoms with Gasteiger partial charge >= 0.3 is 0 Å². The maximum Gasteiger partial charge on any atom is 0.0783 e. The van der Waals surface area contributed by atoms with Crippen LogP contribution in [0, 0.1) is 12.8 Å². The van der Waals surface area contributed by atoms with Gasteiger partial charge in [-0.25, -0.2) is 0 Å². The first-order chi connectivity index (χ1) is 8.70. The number of hydrogen-bond acceptors (Lipinski definition) is 6. The molecule has 2 saturated heterocycles. The van der Waals surface area contributed by atoms with E-state index in [4.69, 9.17) is 10.5 Å². The molecule has 0 aromatic carbocycles. The molecule has 2 aliphatic heterocycles. The van der Waals surface area contributed by atoms with Crippen LogP contribution in [-0.2, 0) is 4.74 Å². The Kier molecular flexibility index (Phi) is 3.62. The number of ether oxygens (including phenoxy) is 1. The van der Waals surface area contributed by atoms with Gasteiger partial charge in [0, 0.05) is 18.4 Å². The summed E-state index contributed by atoms with van der Waals surface area (Å²) in [6.45, 7) is 2.85. The SMILES string of the molecule is Cc1nnsc1C(N)C1CCOC2(CCSC2)C1. The van der Waals surface area contributed by atoms with Crippen molar-refractivity contribution in [3.05, 3.63) is 10.6 Å². The van der Waals surface area contributed by atoms with E-state index in [1.807, 2.05) is 18.7 Å². The molecule has 1 aromatic heterocycles. The Morgan fingerprint density at radius 1 is 1.56 bits per heavy atom. The largest absolute Gasteiger partial charge is 0.374 e. The molecule has 2 N–H and O–H groups in total. The van der Waals surface area contributed by atoms with Gasteiger partial charge in [-0.1, -0.05) is 4.49 Å². The molecule has 18 heavy (non-hydrogen) atoms. The highest BCUT2D eigenvalue weighted by Gasteiger charge is 2.42. The topological polar surface area (TPSA) is 61.0 Å². The van der Waals surface area contributed by atoms with Gasteiger partial charge in [0.15, 0.2) is 0 Å². The van der Waals surface area contributed by atoms with Crippen LogP contribution in [-0.4, -0.2) is 33.3 Å². The molecule has 0 amide bonds. The Morgan fingerprint density at radius 2 is 2.44 bits per heavy atom. The number of nitrogens with zero attached hydrogens (tertiary/aromatic N) is 2. The maximum atomic E-state index is 6.43. The molecule has 0 saturated carbocycles. The fourth-order valence-corrected chi connectivity index (χ4v) is 5.11. The molecular weight excluding hydrogens is 266 g/mol. The molecule has 1 aromatic rings. The zero-order valence-electron chi connectivity index (χ0n) is 10.6. The second kappa shape index (κ2) is 5.07. The lowest BCUT2D eigenvalue weighted by Crippen LogP contribution is -2.42. The Morgan fingerprint density at radius 3 is 3.11 bits per heavy atom.